The van der Waals surface area contributed by atoms with Gasteiger partial charge in [-0.05, 0) is 64.3 Å². The minimum Gasteiger partial charge on any atom is -0.500 e. The minimum absolute atomic E-state index is 0. The quantitative estimate of drug-likeness (QED) is 0.162. The van der Waals surface area contributed by atoms with Crippen molar-refractivity contribution in [3.05, 3.63) is 180 Å². The molecule has 8 aromatic rings. The second kappa shape index (κ2) is 14.5. The summed E-state index contributed by atoms with van der Waals surface area (Å²) < 4.78 is 43.3. The maximum absolute atomic E-state index is 13.7. The molecule has 0 aliphatic heterocycles. The zero-order valence-electron chi connectivity index (χ0n) is 29.9. The van der Waals surface area contributed by atoms with Gasteiger partial charge in [0.1, 0.15) is 11.4 Å². The molecule has 0 aliphatic rings. The Balaban J connectivity index is 0.000000186. The molecule has 3 heterocycles. The van der Waals surface area contributed by atoms with Gasteiger partial charge in [0, 0.05) is 53.5 Å². The Bertz CT molecular complexity index is 2450. The SMILES string of the molecule is CC(C)(c1ccccc1)c1ccnc(-c2[c-]cccc2)c1.[2H]C([2H])([2H])c1cnc(-c2[c-]ccc3c2oc2cc(F)ccc23)cc1-c1ccccc1.[Ir]. The van der Waals surface area contributed by atoms with E-state index in [1.54, 1.807) is 18.2 Å². The van der Waals surface area contributed by atoms with Crippen molar-refractivity contribution in [2.24, 2.45) is 0 Å². The summed E-state index contributed by atoms with van der Waals surface area (Å²) in [4.78, 5) is 8.90. The fraction of sp³-hybridized carbons (Fsp3) is 0.0909. The van der Waals surface area contributed by atoms with Gasteiger partial charge in [0.15, 0.2) is 0 Å². The fourth-order valence-corrected chi connectivity index (χ4v) is 5.90. The molecule has 0 atom stereocenters. The van der Waals surface area contributed by atoms with Gasteiger partial charge in [0.25, 0.3) is 0 Å². The number of hydrogen-bond acceptors (Lipinski definition) is 3. The molecule has 49 heavy (non-hydrogen) atoms. The maximum Gasteiger partial charge on any atom is 0.126 e. The van der Waals surface area contributed by atoms with E-state index in [0.717, 1.165) is 27.6 Å². The summed E-state index contributed by atoms with van der Waals surface area (Å²) in [6.45, 7) is 2.19. The molecule has 0 fully saturated rings. The Morgan fingerprint density at radius 2 is 1.49 bits per heavy atom. The first-order chi connectivity index (χ1) is 24.6. The molecule has 0 bridgehead atoms. The van der Waals surface area contributed by atoms with E-state index in [1.807, 2.05) is 66.9 Å². The Morgan fingerprint density at radius 3 is 2.24 bits per heavy atom. The van der Waals surface area contributed by atoms with Crippen LogP contribution >= 0.6 is 0 Å². The average molecular weight is 820 g/mol. The molecule has 5 aromatic carbocycles. The van der Waals surface area contributed by atoms with Gasteiger partial charge in [-0.3, -0.25) is 0 Å². The Morgan fingerprint density at radius 1 is 0.714 bits per heavy atom. The number of hydrogen-bond donors (Lipinski definition) is 0. The van der Waals surface area contributed by atoms with E-state index in [-0.39, 0.29) is 36.9 Å². The molecule has 243 valence electrons. The molecule has 0 saturated heterocycles. The van der Waals surface area contributed by atoms with Crippen molar-refractivity contribution < 1.29 is 33.0 Å². The van der Waals surface area contributed by atoms with Gasteiger partial charge >= 0.3 is 0 Å². The summed E-state index contributed by atoms with van der Waals surface area (Å²) in [5.41, 5.74) is 8.16. The first-order valence-corrected chi connectivity index (χ1v) is 15.7. The van der Waals surface area contributed by atoms with Crippen LogP contribution in [0.1, 0.15) is 34.7 Å². The molecule has 0 saturated carbocycles. The van der Waals surface area contributed by atoms with E-state index >= 15 is 0 Å². The van der Waals surface area contributed by atoms with Crippen molar-refractivity contribution in [3.8, 4) is 33.6 Å². The van der Waals surface area contributed by atoms with Crippen LogP contribution in [0.3, 0.4) is 0 Å². The van der Waals surface area contributed by atoms with Crippen LogP contribution < -0.4 is 0 Å². The number of pyridine rings is 2. The van der Waals surface area contributed by atoms with Gasteiger partial charge in [-0.25, -0.2) is 4.39 Å². The summed E-state index contributed by atoms with van der Waals surface area (Å²) in [7, 11) is 0. The molecular weight excluding hydrogens is 784 g/mol. The topological polar surface area (TPSA) is 38.9 Å². The van der Waals surface area contributed by atoms with Crippen LogP contribution in [-0.2, 0) is 25.5 Å². The van der Waals surface area contributed by atoms with Crippen molar-refractivity contribution in [1.82, 2.24) is 9.97 Å². The predicted octanol–water partition coefficient (Wildman–Crippen LogP) is 11.4. The normalized spacial score (nSPS) is 12.3. The van der Waals surface area contributed by atoms with E-state index in [2.05, 4.69) is 78.4 Å². The first kappa shape index (κ1) is 29.9. The van der Waals surface area contributed by atoms with Crippen LogP contribution in [0.5, 0.6) is 0 Å². The van der Waals surface area contributed by atoms with E-state index < -0.39 is 6.85 Å². The number of nitrogens with zero attached hydrogens (tertiary/aromatic N) is 2. The number of rotatable bonds is 5. The van der Waals surface area contributed by atoms with Gasteiger partial charge in [0.05, 0.1) is 5.58 Å². The molecule has 8 rings (SSSR count). The third-order valence-electron chi connectivity index (χ3n) is 8.60. The van der Waals surface area contributed by atoms with Crippen LogP contribution in [0.15, 0.2) is 150 Å². The number of fused-ring (bicyclic) bond motifs is 3. The third kappa shape index (κ3) is 7.00. The molecule has 0 aliphatic carbocycles. The van der Waals surface area contributed by atoms with E-state index in [9.17, 15) is 4.39 Å². The number of benzene rings is 5. The van der Waals surface area contributed by atoms with Gasteiger partial charge in [-0.2, -0.15) is 0 Å². The summed E-state index contributed by atoms with van der Waals surface area (Å²) in [6, 6.07) is 48.3. The van der Waals surface area contributed by atoms with Gasteiger partial charge < -0.3 is 14.4 Å². The standard InChI is InChI=1S/C24H15FNO.C20H18N.Ir/c1-15-14-26-22(13-21(15)16-6-3-2-4-7-16)20-9-5-8-19-18-11-10-17(25)12-23(18)27-24(19)20;1-20(2,17-11-7-4-8-12-17)18-13-14-21-19(15-18)16-9-5-3-6-10-16;/h2-8,10-14H,1H3;3-9,11-15H,1-2H3;/q2*-1;/i1D3;;. The number of halogens is 1. The van der Waals surface area contributed by atoms with Crippen molar-refractivity contribution >= 4 is 21.9 Å². The van der Waals surface area contributed by atoms with Crippen LogP contribution in [0.2, 0.25) is 0 Å². The zero-order valence-corrected chi connectivity index (χ0v) is 29.3. The van der Waals surface area contributed by atoms with Crippen molar-refractivity contribution in [3.63, 3.8) is 0 Å². The molecular formula is C44H33FIrN2O-2. The van der Waals surface area contributed by atoms with E-state index in [1.165, 1.54) is 29.5 Å². The summed E-state index contributed by atoms with van der Waals surface area (Å²) in [6.07, 6.45) is 3.27. The fourth-order valence-electron chi connectivity index (χ4n) is 5.90. The minimum atomic E-state index is -2.30. The Labute approximate surface area is 304 Å². The third-order valence-corrected chi connectivity index (χ3v) is 8.60. The van der Waals surface area contributed by atoms with Crippen LogP contribution in [0.4, 0.5) is 4.39 Å². The molecule has 3 nitrogen and oxygen atoms in total. The van der Waals surface area contributed by atoms with Gasteiger partial charge in [0.2, 0.25) is 0 Å². The summed E-state index contributed by atoms with van der Waals surface area (Å²) in [5, 5.41) is 1.62. The largest absolute Gasteiger partial charge is 0.500 e. The smallest absolute Gasteiger partial charge is 0.126 e. The monoisotopic (exact) mass is 820 g/mol. The molecule has 0 unspecified atom stereocenters. The number of aromatic nitrogens is 2. The van der Waals surface area contributed by atoms with Crippen molar-refractivity contribution in [1.29, 1.82) is 0 Å². The molecule has 1 radical (unpaired) electrons. The van der Waals surface area contributed by atoms with E-state index in [0.29, 0.717) is 28.0 Å². The maximum atomic E-state index is 13.7. The predicted molar refractivity (Wildman–Crippen MR) is 193 cm³/mol. The average Bonchev–Trinajstić information content (AvgIpc) is 3.53. The molecule has 0 amide bonds. The first-order valence-electron chi connectivity index (χ1n) is 17.2. The summed E-state index contributed by atoms with van der Waals surface area (Å²) >= 11 is 0. The van der Waals surface area contributed by atoms with Crippen molar-refractivity contribution in [2.45, 2.75) is 26.1 Å². The van der Waals surface area contributed by atoms with E-state index in [4.69, 9.17) is 8.53 Å². The summed E-state index contributed by atoms with van der Waals surface area (Å²) in [5.74, 6) is -0.376. The number of aryl methyl sites for hydroxylation is 1. The Hall–Kier alpha value is -5.22. The Kier molecular flexibility index (Phi) is 8.84. The second-order valence-electron chi connectivity index (χ2n) is 12.0. The van der Waals surface area contributed by atoms with Gasteiger partial charge in [-0.1, -0.05) is 97.6 Å². The molecule has 3 aromatic heterocycles. The number of furan rings is 1. The van der Waals surface area contributed by atoms with Gasteiger partial charge in [-0.15, -0.1) is 54.1 Å². The molecule has 5 heteroatoms. The molecule has 0 N–H and O–H groups in total. The van der Waals surface area contributed by atoms with Crippen LogP contribution in [0, 0.1) is 24.8 Å². The molecule has 0 spiro atoms. The van der Waals surface area contributed by atoms with Crippen LogP contribution in [0.25, 0.3) is 55.6 Å². The van der Waals surface area contributed by atoms with Crippen molar-refractivity contribution in [2.75, 3.05) is 0 Å². The second-order valence-corrected chi connectivity index (χ2v) is 12.0. The zero-order chi connectivity index (χ0) is 35.6. The van der Waals surface area contributed by atoms with Crippen LogP contribution in [-0.4, -0.2) is 9.97 Å².